The van der Waals surface area contributed by atoms with Crippen LogP contribution in [0.2, 0.25) is 0 Å². The summed E-state index contributed by atoms with van der Waals surface area (Å²) in [5.41, 5.74) is 3.41. The minimum Gasteiger partial charge on any atom is -0.452 e. The topological polar surface area (TPSA) is 58.0 Å². The first-order valence-corrected chi connectivity index (χ1v) is 10.1. The highest BCUT2D eigenvalue weighted by molar-refractivity contribution is 5.94. The van der Waals surface area contributed by atoms with E-state index in [1.165, 1.54) is 7.11 Å². The molecule has 0 bridgehead atoms. The van der Waals surface area contributed by atoms with Crippen molar-refractivity contribution in [2.75, 3.05) is 39.2 Å². The van der Waals surface area contributed by atoms with Crippen LogP contribution in [0.5, 0.6) is 0 Å². The third-order valence-corrected chi connectivity index (χ3v) is 6.17. The number of nitrogens with zero attached hydrogens (tertiary/aromatic N) is 4. The fraction of sp³-hybridized carbons (Fsp3) is 0.455. The van der Waals surface area contributed by atoms with Crippen LogP contribution in [0.3, 0.4) is 0 Å². The number of hydrogen-bond donors (Lipinski definition) is 0. The number of carbonyl (C=O) groups excluding carboxylic acids is 2. The maximum Gasteiger partial charge on any atom is 0.414 e. The summed E-state index contributed by atoms with van der Waals surface area (Å²) in [4.78, 5) is 31.6. The van der Waals surface area contributed by atoms with E-state index in [9.17, 15) is 9.59 Å². The Balaban J connectivity index is 1.65. The number of methoxy groups -OCH3 is 1. The van der Waals surface area contributed by atoms with Crippen LogP contribution in [0.25, 0.3) is 0 Å². The Hall–Kier alpha value is -2.80. The smallest absolute Gasteiger partial charge is 0.414 e. The number of hydrogen-bond acceptors (Lipinski definition) is 4. The van der Waals surface area contributed by atoms with E-state index in [0.29, 0.717) is 18.8 Å². The lowest BCUT2D eigenvalue weighted by atomic mass is 10.0. The summed E-state index contributed by atoms with van der Waals surface area (Å²) in [5.74, 6) is 0.0369. The lowest BCUT2D eigenvalue weighted by Gasteiger charge is -2.35. The van der Waals surface area contributed by atoms with Crippen LogP contribution in [0.4, 0.5) is 10.5 Å². The van der Waals surface area contributed by atoms with E-state index in [4.69, 9.17) is 4.74 Å². The van der Waals surface area contributed by atoms with Gasteiger partial charge < -0.3 is 19.1 Å². The number of anilines is 1. The van der Waals surface area contributed by atoms with Gasteiger partial charge in [-0.15, -0.1) is 0 Å². The van der Waals surface area contributed by atoms with Gasteiger partial charge in [0.2, 0.25) is 0 Å². The van der Waals surface area contributed by atoms with Gasteiger partial charge in [0.25, 0.3) is 5.91 Å². The first-order chi connectivity index (χ1) is 14.0. The molecule has 0 saturated carbocycles. The third-order valence-electron chi connectivity index (χ3n) is 6.17. The third kappa shape index (κ3) is 3.62. The summed E-state index contributed by atoms with van der Waals surface area (Å²) in [5, 5.41) is 0. The number of fused-ring (bicyclic) bond motifs is 2. The lowest BCUT2D eigenvalue weighted by Crippen LogP contribution is -2.45. The monoisotopic (exact) mass is 396 g/mol. The standard InChI is InChI=1S/C22H28N4O3/c1-23-12-10-17(11-13-23)24(2)21(27)20-9-8-18-15-26(22(28)29-3)19-7-5-4-6-16(19)14-25(18)20/h4-9,17H,10-15H2,1-3H3. The van der Waals surface area contributed by atoms with Gasteiger partial charge in [0, 0.05) is 18.8 Å². The molecule has 7 nitrogen and oxygen atoms in total. The summed E-state index contributed by atoms with van der Waals surface area (Å²) in [6, 6.07) is 11.9. The van der Waals surface area contributed by atoms with E-state index in [0.717, 1.165) is 42.9 Å². The zero-order chi connectivity index (χ0) is 20.5. The number of benzene rings is 1. The molecule has 2 aliphatic rings. The molecule has 154 valence electrons. The van der Waals surface area contributed by atoms with Crippen molar-refractivity contribution in [2.45, 2.75) is 32.0 Å². The summed E-state index contributed by atoms with van der Waals surface area (Å²) < 4.78 is 7.03. The van der Waals surface area contributed by atoms with E-state index in [1.807, 2.05) is 52.9 Å². The average Bonchev–Trinajstić information content (AvgIpc) is 3.05. The molecule has 1 aromatic heterocycles. The van der Waals surface area contributed by atoms with Gasteiger partial charge in [0.15, 0.2) is 0 Å². The minimum absolute atomic E-state index is 0.0369. The number of carbonyl (C=O) groups is 2. The molecule has 0 atom stereocenters. The van der Waals surface area contributed by atoms with Crippen LogP contribution in [0, 0.1) is 0 Å². The van der Waals surface area contributed by atoms with Gasteiger partial charge in [-0.1, -0.05) is 18.2 Å². The van der Waals surface area contributed by atoms with Gasteiger partial charge >= 0.3 is 6.09 Å². The van der Waals surface area contributed by atoms with Crippen molar-refractivity contribution in [1.29, 1.82) is 0 Å². The molecule has 2 aromatic rings. The molecule has 29 heavy (non-hydrogen) atoms. The van der Waals surface area contributed by atoms with E-state index in [1.54, 1.807) is 4.90 Å². The van der Waals surface area contributed by atoms with Crippen molar-refractivity contribution in [3.63, 3.8) is 0 Å². The molecule has 0 N–H and O–H groups in total. The lowest BCUT2D eigenvalue weighted by molar-refractivity contribution is 0.0649. The SMILES string of the molecule is COC(=O)N1Cc2ccc(C(=O)N(C)C3CCN(C)CC3)n2Cc2ccccc21. The number of para-hydroxylation sites is 1. The van der Waals surface area contributed by atoms with Gasteiger partial charge in [0.1, 0.15) is 5.69 Å². The predicted octanol–water partition coefficient (Wildman–Crippen LogP) is 2.79. The van der Waals surface area contributed by atoms with Crippen molar-refractivity contribution in [2.24, 2.45) is 0 Å². The van der Waals surface area contributed by atoms with Crippen LogP contribution in [-0.4, -0.2) is 66.7 Å². The Morgan fingerprint density at radius 2 is 1.79 bits per heavy atom. The van der Waals surface area contributed by atoms with Gasteiger partial charge in [-0.25, -0.2) is 4.79 Å². The maximum absolute atomic E-state index is 13.3. The summed E-state index contributed by atoms with van der Waals surface area (Å²) in [6.45, 7) is 2.94. The van der Waals surface area contributed by atoms with Crippen molar-refractivity contribution in [3.05, 3.63) is 53.3 Å². The van der Waals surface area contributed by atoms with Gasteiger partial charge in [0.05, 0.1) is 25.9 Å². The van der Waals surface area contributed by atoms with Crippen LogP contribution in [0.1, 0.15) is 34.6 Å². The molecule has 0 spiro atoms. The van der Waals surface area contributed by atoms with E-state index in [2.05, 4.69) is 11.9 Å². The van der Waals surface area contributed by atoms with Crippen molar-refractivity contribution >= 4 is 17.7 Å². The number of amides is 2. The maximum atomic E-state index is 13.3. The summed E-state index contributed by atoms with van der Waals surface area (Å²) in [7, 11) is 5.42. The number of rotatable bonds is 2. The van der Waals surface area contributed by atoms with Gasteiger partial charge in [-0.05, 0) is 56.7 Å². The van der Waals surface area contributed by atoms with Crippen LogP contribution in [0.15, 0.2) is 36.4 Å². The van der Waals surface area contributed by atoms with Crippen molar-refractivity contribution in [3.8, 4) is 0 Å². The molecule has 2 aliphatic heterocycles. The number of piperidine rings is 1. The Kier molecular flexibility index (Phi) is 5.32. The Labute approximate surface area is 171 Å². The summed E-state index contributed by atoms with van der Waals surface area (Å²) in [6.07, 6.45) is 1.58. The minimum atomic E-state index is -0.400. The Morgan fingerprint density at radius 3 is 2.52 bits per heavy atom. The highest BCUT2D eigenvalue weighted by Crippen LogP contribution is 2.30. The summed E-state index contributed by atoms with van der Waals surface area (Å²) >= 11 is 0. The predicted molar refractivity (Wildman–Crippen MR) is 111 cm³/mol. The molecule has 1 aromatic carbocycles. The largest absolute Gasteiger partial charge is 0.452 e. The van der Waals surface area contributed by atoms with E-state index < -0.39 is 6.09 Å². The Morgan fingerprint density at radius 1 is 1.07 bits per heavy atom. The van der Waals surface area contributed by atoms with Gasteiger partial charge in [-0.3, -0.25) is 9.69 Å². The molecule has 0 aliphatic carbocycles. The first kappa shape index (κ1) is 19.5. The Bertz CT molecular complexity index is 915. The molecule has 1 saturated heterocycles. The molecule has 1 fully saturated rings. The van der Waals surface area contributed by atoms with E-state index in [-0.39, 0.29) is 11.9 Å². The molecule has 3 heterocycles. The van der Waals surface area contributed by atoms with Crippen molar-refractivity contribution in [1.82, 2.24) is 14.4 Å². The molecular formula is C22H28N4O3. The molecule has 4 rings (SSSR count). The fourth-order valence-corrected chi connectivity index (χ4v) is 4.35. The first-order valence-electron chi connectivity index (χ1n) is 10.1. The fourth-order valence-electron chi connectivity index (χ4n) is 4.35. The van der Waals surface area contributed by atoms with E-state index >= 15 is 0 Å². The zero-order valence-corrected chi connectivity index (χ0v) is 17.3. The van der Waals surface area contributed by atoms with Crippen LogP contribution >= 0.6 is 0 Å². The van der Waals surface area contributed by atoms with Gasteiger partial charge in [-0.2, -0.15) is 0 Å². The zero-order valence-electron chi connectivity index (χ0n) is 17.3. The molecule has 0 unspecified atom stereocenters. The molecule has 2 amide bonds. The normalized spacial score (nSPS) is 17.3. The number of ether oxygens (including phenoxy) is 1. The second kappa shape index (κ2) is 7.91. The van der Waals surface area contributed by atoms with Crippen LogP contribution < -0.4 is 4.90 Å². The van der Waals surface area contributed by atoms with Crippen molar-refractivity contribution < 1.29 is 14.3 Å². The second-order valence-corrected chi connectivity index (χ2v) is 7.93. The molecule has 7 heteroatoms. The highest BCUT2D eigenvalue weighted by atomic mass is 16.5. The second-order valence-electron chi connectivity index (χ2n) is 7.93. The number of aromatic nitrogens is 1. The highest BCUT2D eigenvalue weighted by Gasteiger charge is 2.30. The number of likely N-dealkylation sites (tertiary alicyclic amines) is 1. The van der Waals surface area contributed by atoms with Crippen LogP contribution in [-0.2, 0) is 17.8 Å². The average molecular weight is 396 g/mol. The molecule has 0 radical (unpaired) electrons. The molecular weight excluding hydrogens is 368 g/mol. The quantitative estimate of drug-likeness (QED) is 0.783.